The van der Waals surface area contributed by atoms with Gasteiger partial charge >= 0.3 is 5.97 Å². The van der Waals surface area contributed by atoms with E-state index in [4.69, 9.17) is 9.47 Å². The topological polar surface area (TPSA) is 120 Å². The molecule has 0 N–H and O–H groups in total. The molecule has 2 atom stereocenters. The fraction of sp³-hybridized carbons (Fsp3) is 0.455. The number of sulfonamides is 1. The highest BCUT2D eigenvalue weighted by Gasteiger charge is 2.39. The lowest BCUT2D eigenvalue weighted by Gasteiger charge is -2.36. The summed E-state index contributed by atoms with van der Waals surface area (Å²) in [6.45, 7) is 3.39. The van der Waals surface area contributed by atoms with Gasteiger partial charge in [-0.25, -0.2) is 18.1 Å². The van der Waals surface area contributed by atoms with Crippen molar-refractivity contribution in [1.29, 1.82) is 0 Å². The standard InChI is InChI=1S/C33H38N6O5S/c1-21-9-10-22(27(18-31(40)43-3)23-16-28-32(37(2)36-35-28)29(17-23)44-26-11-12-26)15-24(21)19-38-20-25-7-4-5-14-39(25)33-30(45(38,41)42)8-6-13-34-33/h6,8-10,13,15-17,25-27H,4-5,7,11-12,14,18-20H2,1-3H3/t25-,27?/m1/s1. The van der Waals surface area contributed by atoms with Crippen molar-refractivity contribution in [3.63, 3.8) is 0 Å². The van der Waals surface area contributed by atoms with E-state index in [0.717, 1.165) is 66.4 Å². The number of nitrogens with zero attached hydrogens (tertiary/aromatic N) is 6. The quantitative estimate of drug-likeness (QED) is 0.260. The maximum Gasteiger partial charge on any atom is 0.306 e. The van der Waals surface area contributed by atoms with Crippen LogP contribution in [0.4, 0.5) is 5.82 Å². The SMILES string of the molecule is COC(=O)CC(c1ccc(C)c(CN2C[C@H]3CCCCN3c3ncccc3S2(=O)=O)c1)c1cc(OC2CC2)c2c(c1)nnn2C. The Labute approximate surface area is 263 Å². The van der Waals surface area contributed by atoms with Gasteiger partial charge in [0.25, 0.3) is 0 Å². The molecule has 0 amide bonds. The first-order valence-electron chi connectivity index (χ1n) is 15.6. The van der Waals surface area contributed by atoms with Crippen molar-refractivity contribution in [3.05, 3.63) is 70.9 Å². The number of methoxy groups -OCH3 is 1. The van der Waals surface area contributed by atoms with Gasteiger partial charge < -0.3 is 14.4 Å². The van der Waals surface area contributed by atoms with Crippen molar-refractivity contribution in [2.75, 3.05) is 25.1 Å². The summed E-state index contributed by atoms with van der Waals surface area (Å²) in [6.07, 6.45) is 6.94. The predicted molar refractivity (Wildman–Crippen MR) is 169 cm³/mol. The molecule has 0 radical (unpaired) electrons. The summed E-state index contributed by atoms with van der Waals surface area (Å²) in [7, 11) is -0.587. The minimum Gasteiger partial charge on any atom is -0.488 e. The normalized spacial score (nSPS) is 20.2. The molecule has 12 heteroatoms. The highest BCUT2D eigenvalue weighted by atomic mass is 32.2. The van der Waals surface area contributed by atoms with E-state index in [2.05, 4.69) is 20.2 Å². The van der Waals surface area contributed by atoms with Gasteiger partial charge in [0.2, 0.25) is 10.0 Å². The van der Waals surface area contributed by atoms with Crippen LogP contribution in [0.15, 0.2) is 53.6 Å². The van der Waals surface area contributed by atoms with E-state index < -0.39 is 10.0 Å². The summed E-state index contributed by atoms with van der Waals surface area (Å²) in [5, 5.41) is 8.58. The van der Waals surface area contributed by atoms with Crippen LogP contribution in [-0.4, -0.2) is 71.0 Å². The molecule has 1 aliphatic carbocycles. The monoisotopic (exact) mass is 630 g/mol. The molecule has 7 rings (SSSR count). The molecule has 4 aromatic rings. The lowest BCUT2D eigenvalue weighted by Crippen LogP contribution is -2.45. The predicted octanol–water partition coefficient (Wildman–Crippen LogP) is 4.47. The molecule has 1 unspecified atom stereocenters. The molecule has 0 spiro atoms. The number of rotatable bonds is 8. The Hall–Kier alpha value is -4.03. The van der Waals surface area contributed by atoms with Gasteiger partial charge in [-0.05, 0) is 85.5 Å². The molecular formula is C33H38N6O5S. The largest absolute Gasteiger partial charge is 0.488 e. The number of aromatic nitrogens is 4. The Morgan fingerprint density at radius 1 is 1.09 bits per heavy atom. The molecule has 1 saturated carbocycles. The molecule has 45 heavy (non-hydrogen) atoms. The number of esters is 1. The maximum atomic E-state index is 14.1. The molecule has 236 valence electrons. The zero-order valence-corrected chi connectivity index (χ0v) is 26.7. The number of hydrogen-bond acceptors (Lipinski definition) is 9. The maximum absolute atomic E-state index is 14.1. The van der Waals surface area contributed by atoms with Crippen LogP contribution in [0.1, 0.15) is 66.7 Å². The fourth-order valence-electron chi connectivity index (χ4n) is 6.67. The Bertz CT molecular complexity index is 1870. The number of aryl methyl sites for hydroxylation is 2. The van der Waals surface area contributed by atoms with E-state index in [1.165, 1.54) is 7.11 Å². The second-order valence-electron chi connectivity index (χ2n) is 12.4. The Morgan fingerprint density at radius 3 is 2.73 bits per heavy atom. The van der Waals surface area contributed by atoms with Crippen molar-refractivity contribution >= 4 is 32.8 Å². The van der Waals surface area contributed by atoms with Gasteiger partial charge in [0, 0.05) is 44.8 Å². The van der Waals surface area contributed by atoms with Gasteiger partial charge in [-0.15, -0.1) is 5.10 Å². The van der Waals surface area contributed by atoms with E-state index in [0.29, 0.717) is 23.6 Å². The zero-order valence-electron chi connectivity index (χ0n) is 25.8. The highest BCUT2D eigenvalue weighted by Crippen LogP contribution is 2.39. The number of benzene rings is 2. The Morgan fingerprint density at radius 2 is 1.93 bits per heavy atom. The summed E-state index contributed by atoms with van der Waals surface area (Å²) in [5.74, 6) is 0.531. The van der Waals surface area contributed by atoms with E-state index in [1.807, 2.05) is 44.3 Å². The number of carbonyl (C=O) groups excluding carboxylic acids is 1. The first-order chi connectivity index (χ1) is 21.7. The van der Waals surface area contributed by atoms with Crippen LogP contribution in [-0.2, 0) is 33.1 Å². The van der Waals surface area contributed by atoms with Crippen molar-refractivity contribution in [3.8, 4) is 5.75 Å². The van der Waals surface area contributed by atoms with Crippen LogP contribution in [0.25, 0.3) is 11.0 Å². The summed E-state index contributed by atoms with van der Waals surface area (Å²) >= 11 is 0. The van der Waals surface area contributed by atoms with Crippen LogP contribution >= 0.6 is 0 Å². The van der Waals surface area contributed by atoms with Crippen molar-refractivity contribution in [2.24, 2.45) is 7.05 Å². The molecule has 2 aromatic heterocycles. The van der Waals surface area contributed by atoms with Crippen LogP contribution in [0, 0.1) is 6.92 Å². The number of hydrogen-bond donors (Lipinski definition) is 0. The third-order valence-corrected chi connectivity index (χ3v) is 11.1. The molecule has 0 bridgehead atoms. The fourth-order valence-corrected chi connectivity index (χ4v) is 8.28. The van der Waals surface area contributed by atoms with Crippen molar-refractivity contribution < 1.29 is 22.7 Å². The molecule has 11 nitrogen and oxygen atoms in total. The molecular weight excluding hydrogens is 592 g/mol. The summed E-state index contributed by atoms with van der Waals surface area (Å²) in [6, 6.07) is 13.4. The van der Waals surface area contributed by atoms with Crippen molar-refractivity contribution in [1.82, 2.24) is 24.3 Å². The van der Waals surface area contributed by atoms with E-state index in [-0.39, 0.29) is 41.9 Å². The summed E-state index contributed by atoms with van der Waals surface area (Å²) in [5.41, 5.74) is 5.10. The molecule has 2 aliphatic heterocycles. The highest BCUT2D eigenvalue weighted by molar-refractivity contribution is 7.89. The van der Waals surface area contributed by atoms with Gasteiger partial charge in [0.1, 0.15) is 27.5 Å². The van der Waals surface area contributed by atoms with Gasteiger partial charge in [-0.2, -0.15) is 4.31 Å². The first-order valence-corrected chi connectivity index (χ1v) is 17.0. The summed E-state index contributed by atoms with van der Waals surface area (Å²) < 4.78 is 43.0. The van der Waals surface area contributed by atoms with Gasteiger partial charge in [-0.1, -0.05) is 23.4 Å². The second kappa shape index (κ2) is 11.7. The van der Waals surface area contributed by atoms with Crippen molar-refractivity contribution in [2.45, 2.75) is 75.0 Å². The molecule has 2 fully saturated rings. The van der Waals surface area contributed by atoms with E-state index in [1.54, 1.807) is 27.3 Å². The average Bonchev–Trinajstić information content (AvgIpc) is 3.80. The number of piperidine rings is 1. The number of fused-ring (bicyclic) bond motifs is 4. The lowest BCUT2D eigenvalue weighted by molar-refractivity contribution is -0.140. The second-order valence-corrected chi connectivity index (χ2v) is 14.3. The number of carbonyl (C=O) groups is 1. The van der Waals surface area contributed by atoms with Gasteiger partial charge in [0.15, 0.2) is 0 Å². The molecule has 4 heterocycles. The number of anilines is 1. The van der Waals surface area contributed by atoms with Gasteiger partial charge in [-0.3, -0.25) is 4.79 Å². The molecule has 1 saturated heterocycles. The minimum atomic E-state index is -3.81. The Balaban J connectivity index is 1.28. The smallest absolute Gasteiger partial charge is 0.306 e. The lowest BCUT2D eigenvalue weighted by atomic mass is 9.86. The third kappa shape index (κ3) is 5.65. The molecule has 2 aromatic carbocycles. The van der Waals surface area contributed by atoms with E-state index in [9.17, 15) is 13.2 Å². The van der Waals surface area contributed by atoms with Crippen LogP contribution < -0.4 is 9.64 Å². The third-order valence-electron chi connectivity index (χ3n) is 9.31. The summed E-state index contributed by atoms with van der Waals surface area (Å²) in [4.78, 5) is 19.7. The zero-order chi connectivity index (χ0) is 31.3. The number of pyridine rings is 1. The van der Waals surface area contributed by atoms with E-state index >= 15 is 0 Å². The minimum absolute atomic E-state index is 0.0591. The van der Waals surface area contributed by atoms with Gasteiger partial charge in [0.05, 0.1) is 19.6 Å². The Kier molecular flexibility index (Phi) is 7.73. The molecule has 3 aliphatic rings. The average molecular weight is 631 g/mol. The first kappa shape index (κ1) is 29.7. The van der Waals surface area contributed by atoms with Crippen LogP contribution in [0.3, 0.4) is 0 Å². The van der Waals surface area contributed by atoms with Crippen LogP contribution in [0.2, 0.25) is 0 Å². The van der Waals surface area contributed by atoms with Crippen LogP contribution in [0.5, 0.6) is 5.75 Å². The number of ether oxygens (including phenoxy) is 2.